The molecule has 0 heterocycles. The molecule has 0 aromatic carbocycles. The predicted octanol–water partition coefficient (Wildman–Crippen LogP) is 2.73. The summed E-state index contributed by atoms with van der Waals surface area (Å²) in [5.41, 5.74) is 0. The van der Waals surface area contributed by atoms with E-state index in [9.17, 15) is 4.79 Å². The largest absolute Gasteiger partial charge is 0.356 e. The van der Waals surface area contributed by atoms with Gasteiger partial charge in [0.25, 0.3) is 0 Å². The van der Waals surface area contributed by atoms with Crippen LogP contribution in [0.1, 0.15) is 52.4 Å². The van der Waals surface area contributed by atoms with Crippen LogP contribution in [-0.2, 0) is 4.79 Å². The molecule has 1 aliphatic rings. The smallest absolute Gasteiger partial charge is 0.223 e. The normalized spacial score (nSPS) is 27.3. The molecule has 1 rings (SSSR count). The van der Waals surface area contributed by atoms with Gasteiger partial charge in [0.2, 0.25) is 5.91 Å². The van der Waals surface area contributed by atoms with Crippen LogP contribution < -0.4 is 5.32 Å². The molecule has 1 saturated carbocycles. The molecule has 0 bridgehead atoms. The molecule has 1 N–H and O–H groups in total. The predicted molar refractivity (Wildman–Crippen MR) is 59.0 cm³/mol. The van der Waals surface area contributed by atoms with Crippen LogP contribution in [0.25, 0.3) is 0 Å². The summed E-state index contributed by atoms with van der Waals surface area (Å²) in [6, 6.07) is 0. The van der Waals surface area contributed by atoms with E-state index in [-0.39, 0.29) is 0 Å². The minimum Gasteiger partial charge on any atom is -0.356 e. The van der Waals surface area contributed by atoms with Crippen molar-refractivity contribution in [3.8, 4) is 0 Å². The summed E-state index contributed by atoms with van der Waals surface area (Å²) >= 11 is 0. The molecule has 0 unspecified atom stereocenters. The van der Waals surface area contributed by atoms with Crippen LogP contribution in [0.3, 0.4) is 0 Å². The molecule has 0 aliphatic heterocycles. The molecule has 1 aliphatic carbocycles. The van der Waals surface area contributed by atoms with Gasteiger partial charge in [-0.15, -0.1) is 0 Å². The van der Waals surface area contributed by atoms with Crippen molar-refractivity contribution in [2.75, 3.05) is 6.54 Å². The molecule has 2 heteroatoms. The SMILES string of the molecule is CCCCNC(=O)C1CCC(C)CC1. The first-order chi connectivity index (χ1) is 6.74. The third-order valence-electron chi connectivity index (χ3n) is 3.22. The number of unbranched alkanes of at least 4 members (excludes halogenated alkanes) is 1. The second-order valence-corrected chi connectivity index (χ2v) is 4.60. The Balaban J connectivity index is 2.17. The minimum absolute atomic E-state index is 0.297. The van der Waals surface area contributed by atoms with E-state index in [4.69, 9.17) is 0 Å². The van der Waals surface area contributed by atoms with Crippen LogP contribution in [0.15, 0.2) is 0 Å². The van der Waals surface area contributed by atoms with Gasteiger partial charge in [0, 0.05) is 12.5 Å². The number of hydrogen-bond acceptors (Lipinski definition) is 1. The Labute approximate surface area is 87.5 Å². The van der Waals surface area contributed by atoms with E-state index in [2.05, 4.69) is 19.2 Å². The third kappa shape index (κ3) is 3.69. The summed E-state index contributed by atoms with van der Waals surface area (Å²) in [5, 5.41) is 3.03. The van der Waals surface area contributed by atoms with E-state index in [1.54, 1.807) is 0 Å². The number of carbonyl (C=O) groups is 1. The molecule has 1 amide bonds. The van der Waals surface area contributed by atoms with E-state index in [1.807, 2.05) is 0 Å². The summed E-state index contributed by atoms with van der Waals surface area (Å²) in [6.45, 7) is 5.29. The van der Waals surface area contributed by atoms with Crippen molar-refractivity contribution in [2.24, 2.45) is 11.8 Å². The third-order valence-corrected chi connectivity index (χ3v) is 3.22. The Morgan fingerprint density at radius 2 is 1.93 bits per heavy atom. The van der Waals surface area contributed by atoms with Gasteiger partial charge in [0.05, 0.1) is 0 Å². The molecule has 0 aromatic rings. The summed E-state index contributed by atoms with van der Waals surface area (Å²) in [7, 11) is 0. The average molecular weight is 197 g/mol. The number of nitrogens with one attached hydrogen (secondary N) is 1. The lowest BCUT2D eigenvalue weighted by Crippen LogP contribution is -2.33. The number of rotatable bonds is 4. The zero-order chi connectivity index (χ0) is 10.4. The second-order valence-electron chi connectivity index (χ2n) is 4.60. The van der Waals surface area contributed by atoms with Crippen molar-refractivity contribution < 1.29 is 4.79 Å². The van der Waals surface area contributed by atoms with Gasteiger partial charge in [-0.1, -0.05) is 20.3 Å². The van der Waals surface area contributed by atoms with Crippen LogP contribution in [0, 0.1) is 11.8 Å². The molecule has 0 radical (unpaired) electrons. The van der Waals surface area contributed by atoms with E-state index >= 15 is 0 Å². The minimum atomic E-state index is 0.297. The Kier molecular flexibility index (Phi) is 4.99. The molecule has 0 spiro atoms. The fourth-order valence-electron chi connectivity index (χ4n) is 2.05. The highest BCUT2D eigenvalue weighted by Crippen LogP contribution is 2.28. The molecule has 0 aromatic heterocycles. The van der Waals surface area contributed by atoms with Crippen LogP contribution in [0.5, 0.6) is 0 Å². The molecule has 82 valence electrons. The van der Waals surface area contributed by atoms with Crippen LogP contribution in [0.2, 0.25) is 0 Å². The van der Waals surface area contributed by atoms with Crippen LogP contribution >= 0.6 is 0 Å². The van der Waals surface area contributed by atoms with Gasteiger partial charge in [0.15, 0.2) is 0 Å². The maximum atomic E-state index is 11.7. The summed E-state index contributed by atoms with van der Waals surface area (Å²) < 4.78 is 0. The second kappa shape index (κ2) is 6.05. The van der Waals surface area contributed by atoms with Crippen molar-refractivity contribution in [1.82, 2.24) is 5.32 Å². The zero-order valence-corrected chi connectivity index (χ0v) is 9.51. The molecular formula is C12H23NO. The number of hydrogen-bond donors (Lipinski definition) is 1. The summed E-state index contributed by atoms with van der Waals surface area (Å²) in [6.07, 6.45) is 6.91. The van der Waals surface area contributed by atoms with Crippen LogP contribution in [0.4, 0.5) is 0 Å². The van der Waals surface area contributed by atoms with Gasteiger partial charge in [-0.05, 0) is 38.0 Å². The molecule has 0 atom stereocenters. The van der Waals surface area contributed by atoms with E-state index in [1.165, 1.54) is 12.8 Å². The fraction of sp³-hybridized carbons (Fsp3) is 0.917. The Morgan fingerprint density at radius 3 is 2.50 bits per heavy atom. The molecular weight excluding hydrogens is 174 g/mol. The Bertz CT molecular complexity index is 171. The lowest BCUT2D eigenvalue weighted by molar-refractivity contribution is -0.126. The zero-order valence-electron chi connectivity index (χ0n) is 9.51. The maximum Gasteiger partial charge on any atom is 0.223 e. The van der Waals surface area contributed by atoms with Gasteiger partial charge in [-0.3, -0.25) is 4.79 Å². The Hall–Kier alpha value is -0.530. The number of carbonyl (C=O) groups excluding carboxylic acids is 1. The highest BCUT2D eigenvalue weighted by Gasteiger charge is 2.23. The van der Waals surface area contributed by atoms with Gasteiger partial charge in [-0.25, -0.2) is 0 Å². The van der Waals surface area contributed by atoms with Gasteiger partial charge in [-0.2, -0.15) is 0 Å². The highest BCUT2D eigenvalue weighted by atomic mass is 16.1. The van der Waals surface area contributed by atoms with E-state index in [0.29, 0.717) is 11.8 Å². The first-order valence-electron chi connectivity index (χ1n) is 6.01. The van der Waals surface area contributed by atoms with Crippen molar-refractivity contribution in [2.45, 2.75) is 52.4 Å². The van der Waals surface area contributed by atoms with Crippen molar-refractivity contribution in [1.29, 1.82) is 0 Å². The first kappa shape index (κ1) is 11.5. The standard InChI is InChI=1S/C12H23NO/c1-3-4-9-13-12(14)11-7-5-10(2)6-8-11/h10-11H,3-9H2,1-2H3,(H,13,14). The summed E-state index contributed by atoms with van der Waals surface area (Å²) in [4.78, 5) is 11.7. The summed E-state index contributed by atoms with van der Waals surface area (Å²) in [5.74, 6) is 1.43. The fourth-order valence-corrected chi connectivity index (χ4v) is 2.05. The molecule has 14 heavy (non-hydrogen) atoms. The van der Waals surface area contributed by atoms with Crippen LogP contribution in [-0.4, -0.2) is 12.5 Å². The van der Waals surface area contributed by atoms with Crippen molar-refractivity contribution in [3.05, 3.63) is 0 Å². The lowest BCUT2D eigenvalue weighted by atomic mass is 9.82. The van der Waals surface area contributed by atoms with Crippen molar-refractivity contribution in [3.63, 3.8) is 0 Å². The molecule has 1 fully saturated rings. The highest BCUT2D eigenvalue weighted by molar-refractivity contribution is 5.78. The molecule has 2 nitrogen and oxygen atoms in total. The lowest BCUT2D eigenvalue weighted by Gasteiger charge is -2.25. The van der Waals surface area contributed by atoms with E-state index in [0.717, 1.165) is 38.1 Å². The first-order valence-corrected chi connectivity index (χ1v) is 6.01. The van der Waals surface area contributed by atoms with Crippen molar-refractivity contribution >= 4 is 5.91 Å². The quantitative estimate of drug-likeness (QED) is 0.690. The van der Waals surface area contributed by atoms with Gasteiger partial charge >= 0.3 is 0 Å². The average Bonchev–Trinajstić information content (AvgIpc) is 2.19. The van der Waals surface area contributed by atoms with E-state index < -0.39 is 0 Å². The number of amides is 1. The van der Waals surface area contributed by atoms with Gasteiger partial charge in [0.1, 0.15) is 0 Å². The monoisotopic (exact) mass is 197 g/mol. The topological polar surface area (TPSA) is 29.1 Å². The maximum absolute atomic E-state index is 11.7. The molecule has 0 saturated heterocycles. The van der Waals surface area contributed by atoms with Gasteiger partial charge < -0.3 is 5.32 Å². The Morgan fingerprint density at radius 1 is 1.29 bits per heavy atom.